The standard InChI is InChI=1S/C8H14N6S2/c1-15-5(6(9)10)2-4-3-16-8(13-4)14-7(11)12/h3,5H,2H2,1H3,(H3,9,10)(H4,11,12,13,14). The number of guanidine groups is 1. The van der Waals surface area contributed by atoms with E-state index in [2.05, 4.69) is 9.98 Å². The van der Waals surface area contributed by atoms with Crippen LogP contribution in [0.15, 0.2) is 10.4 Å². The molecule has 1 atom stereocenters. The van der Waals surface area contributed by atoms with Crippen LogP contribution in [0.2, 0.25) is 0 Å². The van der Waals surface area contributed by atoms with E-state index < -0.39 is 0 Å². The molecule has 0 aliphatic heterocycles. The highest BCUT2D eigenvalue weighted by Crippen LogP contribution is 2.21. The van der Waals surface area contributed by atoms with Crippen LogP contribution >= 0.6 is 23.1 Å². The molecule has 0 amide bonds. The number of rotatable bonds is 5. The zero-order chi connectivity index (χ0) is 12.1. The van der Waals surface area contributed by atoms with Gasteiger partial charge in [-0.1, -0.05) is 0 Å². The van der Waals surface area contributed by atoms with E-state index in [1.807, 2.05) is 11.6 Å². The van der Waals surface area contributed by atoms with E-state index in [9.17, 15) is 0 Å². The largest absolute Gasteiger partial charge is 0.387 e. The Kier molecular flexibility index (Phi) is 4.56. The van der Waals surface area contributed by atoms with E-state index in [-0.39, 0.29) is 17.0 Å². The lowest BCUT2D eigenvalue weighted by atomic mass is 10.2. The van der Waals surface area contributed by atoms with E-state index in [0.717, 1.165) is 5.69 Å². The highest BCUT2D eigenvalue weighted by molar-refractivity contribution is 7.99. The number of thiazole rings is 1. The maximum absolute atomic E-state index is 7.39. The van der Waals surface area contributed by atoms with Crippen molar-refractivity contribution in [1.29, 1.82) is 5.41 Å². The maximum Gasteiger partial charge on any atom is 0.212 e. The molecule has 1 heterocycles. The Hall–Kier alpha value is -1.28. The smallest absolute Gasteiger partial charge is 0.212 e. The minimum absolute atomic E-state index is 0.00566. The molecule has 8 heteroatoms. The Balaban J connectivity index is 2.71. The number of hydrogen-bond acceptors (Lipinski definition) is 5. The third kappa shape index (κ3) is 3.70. The third-order valence-corrected chi connectivity index (χ3v) is 3.56. The predicted molar refractivity (Wildman–Crippen MR) is 70.5 cm³/mol. The van der Waals surface area contributed by atoms with E-state index in [0.29, 0.717) is 11.6 Å². The third-order valence-electron chi connectivity index (χ3n) is 1.79. The molecule has 1 aromatic rings. The number of hydrogen-bond donors (Lipinski definition) is 4. The van der Waals surface area contributed by atoms with Crippen molar-refractivity contribution in [1.82, 2.24) is 4.98 Å². The Labute approximate surface area is 102 Å². The molecule has 0 spiro atoms. The summed E-state index contributed by atoms with van der Waals surface area (Å²) in [4.78, 5) is 8.07. The molecule has 1 aromatic heterocycles. The van der Waals surface area contributed by atoms with Crippen molar-refractivity contribution in [2.24, 2.45) is 22.2 Å². The van der Waals surface area contributed by atoms with Gasteiger partial charge in [-0.15, -0.1) is 11.3 Å². The number of thioether (sulfide) groups is 1. The van der Waals surface area contributed by atoms with Gasteiger partial charge in [-0.05, 0) is 6.26 Å². The first-order chi connectivity index (χ1) is 7.52. The molecular weight excluding hydrogens is 244 g/mol. The van der Waals surface area contributed by atoms with Gasteiger partial charge in [0.1, 0.15) is 5.84 Å². The number of nitrogens with two attached hydrogens (primary N) is 3. The van der Waals surface area contributed by atoms with Gasteiger partial charge in [0.15, 0.2) is 5.96 Å². The molecule has 6 nitrogen and oxygen atoms in total. The quantitative estimate of drug-likeness (QED) is 0.445. The molecule has 0 aliphatic rings. The fourth-order valence-electron chi connectivity index (χ4n) is 1.06. The summed E-state index contributed by atoms with van der Waals surface area (Å²) in [6.07, 6.45) is 2.53. The van der Waals surface area contributed by atoms with Crippen LogP contribution in [0, 0.1) is 5.41 Å². The van der Waals surface area contributed by atoms with Crippen LogP contribution in [-0.2, 0) is 6.42 Å². The molecule has 0 radical (unpaired) electrons. The zero-order valence-corrected chi connectivity index (χ0v) is 10.4. The Morgan fingerprint density at radius 1 is 1.62 bits per heavy atom. The molecule has 0 aromatic carbocycles. The summed E-state index contributed by atoms with van der Waals surface area (Å²) in [5.41, 5.74) is 16.8. The molecule has 16 heavy (non-hydrogen) atoms. The molecule has 1 unspecified atom stereocenters. The van der Waals surface area contributed by atoms with Gasteiger partial charge in [0.2, 0.25) is 5.13 Å². The Morgan fingerprint density at radius 3 is 2.81 bits per heavy atom. The molecule has 7 N–H and O–H groups in total. The van der Waals surface area contributed by atoms with Gasteiger partial charge >= 0.3 is 0 Å². The van der Waals surface area contributed by atoms with Crippen LogP contribution in [0.25, 0.3) is 0 Å². The monoisotopic (exact) mass is 258 g/mol. The van der Waals surface area contributed by atoms with Crippen LogP contribution in [0.1, 0.15) is 5.69 Å². The fraction of sp³-hybridized carbons (Fsp3) is 0.375. The summed E-state index contributed by atoms with van der Waals surface area (Å²) >= 11 is 2.89. The van der Waals surface area contributed by atoms with E-state index in [1.165, 1.54) is 23.1 Å². The van der Waals surface area contributed by atoms with Gasteiger partial charge in [-0.25, -0.2) is 4.98 Å². The number of aromatic nitrogens is 1. The highest BCUT2D eigenvalue weighted by Gasteiger charge is 2.13. The second-order valence-electron chi connectivity index (χ2n) is 3.04. The minimum Gasteiger partial charge on any atom is -0.387 e. The molecule has 1 rings (SSSR count). The summed E-state index contributed by atoms with van der Waals surface area (Å²) < 4.78 is 0. The second-order valence-corrected chi connectivity index (χ2v) is 4.92. The summed E-state index contributed by atoms with van der Waals surface area (Å²) in [5, 5.41) is 9.73. The van der Waals surface area contributed by atoms with Crippen molar-refractivity contribution in [2.45, 2.75) is 11.7 Å². The van der Waals surface area contributed by atoms with Gasteiger partial charge in [0.25, 0.3) is 0 Å². The summed E-state index contributed by atoms with van der Waals surface area (Å²) in [6, 6.07) is 0. The van der Waals surface area contributed by atoms with Gasteiger partial charge < -0.3 is 17.2 Å². The molecule has 0 aliphatic carbocycles. The molecule has 88 valence electrons. The Morgan fingerprint density at radius 2 is 2.31 bits per heavy atom. The average molecular weight is 258 g/mol. The SMILES string of the molecule is CSC(Cc1csc(N=C(N)N)n1)C(=N)N. The van der Waals surface area contributed by atoms with Crippen molar-refractivity contribution in [3.05, 3.63) is 11.1 Å². The number of nitrogens with one attached hydrogen (secondary N) is 1. The second kappa shape index (κ2) is 5.71. The van der Waals surface area contributed by atoms with Crippen LogP contribution in [0.4, 0.5) is 5.13 Å². The average Bonchev–Trinajstić information content (AvgIpc) is 2.60. The molecular formula is C8H14N6S2. The summed E-state index contributed by atoms with van der Waals surface area (Å²) in [6.45, 7) is 0. The summed E-state index contributed by atoms with van der Waals surface area (Å²) in [7, 11) is 0. The van der Waals surface area contributed by atoms with Crippen LogP contribution in [-0.4, -0.2) is 28.3 Å². The first-order valence-electron chi connectivity index (χ1n) is 4.43. The van der Waals surface area contributed by atoms with Gasteiger partial charge in [-0.2, -0.15) is 16.8 Å². The van der Waals surface area contributed by atoms with Crippen LogP contribution in [0.3, 0.4) is 0 Å². The van der Waals surface area contributed by atoms with Crippen molar-refractivity contribution >= 4 is 40.0 Å². The highest BCUT2D eigenvalue weighted by atomic mass is 32.2. The molecule has 0 fully saturated rings. The van der Waals surface area contributed by atoms with Crippen molar-refractivity contribution < 1.29 is 0 Å². The van der Waals surface area contributed by atoms with Crippen molar-refractivity contribution in [2.75, 3.05) is 6.26 Å². The van der Waals surface area contributed by atoms with Crippen molar-refractivity contribution in [3.8, 4) is 0 Å². The number of amidine groups is 1. The van der Waals surface area contributed by atoms with Crippen LogP contribution < -0.4 is 17.2 Å². The van der Waals surface area contributed by atoms with E-state index in [4.69, 9.17) is 22.6 Å². The lowest BCUT2D eigenvalue weighted by Gasteiger charge is -2.09. The van der Waals surface area contributed by atoms with E-state index >= 15 is 0 Å². The predicted octanol–water partition coefficient (Wildman–Crippen LogP) is 0.258. The molecule has 0 bridgehead atoms. The number of aliphatic imine (C=N–C) groups is 1. The first-order valence-corrected chi connectivity index (χ1v) is 6.60. The van der Waals surface area contributed by atoms with Crippen molar-refractivity contribution in [3.63, 3.8) is 0 Å². The zero-order valence-electron chi connectivity index (χ0n) is 8.80. The maximum atomic E-state index is 7.39. The minimum atomic E-state index is -0.0471. The van der Waals surface area contributed by atoms with Crippen LogP contribution in [0.5, 0.6) is 0 Å². The van der Waals surface area contributed by atoms with E-state index in [1.54, 1.807) is 0 Å². The molecule has 0 saturated carbocycles. The van der Waals surface area contributed by atoms with Gasteiger partial charge in [0.05, 0.1) is 10.9 Å². The summed E-state index contributed by atoms with van der Waals surface area (Å²) in [5.74, 6) is 0.151. The molecule has 0 saturated heterocycles. The normalized spacial score (nSPS) is 12.1. The topological polar surface area (TPSA) is 127 Å². The lowest BCUT2D eigenvalue weighted by Crippen LogP contribution is -2.26. The van der Waals surface area contributed by atoms with Gasteiger partial charge in [-0.3, -0.25) is 5.41 Å². The number of nitrogens with zero attached hydrogens (tertiary/aromatic N) is 2. The lowest BCUT2D eigenvalue weighted by molar-refractivity contribution is 0.989. The van der Waals surface area contributed by atoms with Gasteiger partial charge in [0, 0.05) is 11.8 Å². The Bertz CT molecular complexity index is 395. The fourth-order valence-corrected chi connectivity index (χ4v) is 2.37. The first kappa shape index (κ1) is 12.8.